The molecule has 1 aromatic carbocycles. The van der Waals surface area contributed by atoms with E-state index in [1.54, 1.807) is 0 Å². The van der Waals surface area contributed by atoms with E-state index in [2.05, 4.69) is 4.99 Å². The molecule has 1 aromatic rings. The number of ether oxygens (including phenoxy) is 2. The van der Waals surface area contributed by atoms with Crippen molar-refractivity contribution in [1.82, 2.24) is 0 Å². The van der Waals surface area contributed by atoms with Crippen LogP contribution in [0.15, 0.2) is 35.3 Å². The second-order valence-electron chi connectivity index (χ2n) is 3.75. The summed E-state index contributed by atoms with van der Waals surface area (Å²) < 4.78 is 10.8. The van der Waals surface area contributed by atoms with Crippen LogP contribution in [0.3, 0.4) is 0 Å². The van der Waals surface area contributed by atoms with Crippen LogP contribution in [0.2, 0.25) is 0 Å². The number of nitrogens with two attached hydrogens (primary N) is 1. The number of nitrogens with zero attached hydrogens (tertiary/aromatic N) is 1. The predicted molar refractivity (Wildman–Crippen MR) is 62.1 cm³/mol. The fourth-order valence-corrected chi connectivity index (χ4v) is 1.57. The lowest BCUT2D eigenvalue weighted by Crippen LogP contribution is -2.19. The molecule has 0 spiro atoms. The molecule has 0 amide bonds. The number of rotatable bonds is 5. The van der Waals surface area contributed by atoms with Gasteiger partial charge in [-0.2, -0.15) is 0 Å². The van der Waals surface area contributed by atoms with Gasteiger partial charge in [-0.3, -0.25) is 0 Å². The highest BCUT2D eigenvalue weighted by atomic mass is 16.5. The Labute approximate surface area is 95.1 Å². The van der Waals surface area contributed by atoms with Crippen LogP contribution in [0.5, 0.6) is 0 Å². The highest BCUT2D eigenvalue weighted by Crippen LogP contribution is 2.07. The molecule has 2 rings (SSSR count). The van der Waals surface area contributed by atoms with Crippen LogP contribution in [0.4, 0.5) is 0 Å². The van der Waals surface area contributed by atoms with Gasteiger partial charge in [-0.05, 0) is 5.56 Å². The highest BCUT2D eigenvalue weighted by Gasteiger charge is 2.16. The average Bonchev–Trinajstić information content (AvgIpc) is 2.72. The Morgan fingerprint density at radius 3 is 2.88 bits per heavy atom. The van der Waals surface area contributed by atoms with Crippen LogP contribution in [0.25, 0.3) is 0 Å². The lowest BCUT2D eigenvalue weighted by molar-refractivity contribution is 0.0869. The minimum absolute atomic E-state index is 0.0933. The molecule has 0 fully saturated rings. The molecule has 16 heavy (non-hydrogen) atoms. The zero-order valence-electron chi connectivity index (χ0n) is 9.13. The van der Waals surface area contributed by atoms with E-state index in [-0.39, 0.29) is 6.10 Å². The van der Waals surface area contributed by atoms with Crippen molar-refractivity contribution in [2.24, 2.45) is 10.7 Å². The van der Waals surface area contributed by atoms with E-state index in [0.717, 1.165) is 6.42 Å². The third-order valence-electron chi connectivity index (χ3n) is 2.43. The Morgan fingerprint density at radius 1 is 1.38 bits per heavy atom. The van der Waals surface area contributed by atoms with Crippen LogP contribution < -0.4 is 5.73 Å². The molecule has 0 bridgehead atoms. The van der Waals surface area contributed by atoms with Gasteiger partial charge in [-0.1, -0.05) is 30.3 Å². The first-order chi connectivity index (χ1) is 7.84. The van der Waals surface area contributed by atoms with Crippen LogP contribution >= 0.6 is 0 Å². The molecule has 2 N–H and O–H groups in total. The molecular formula is C12H16N2O2. The number of hydrogen-bond acceptors (Lipinski definition) is 4. The molecule has 4 nitrogen and oxygen atoms in total. The summed E-state index contributed by atoms with van der Waals surface area (Å²) >= 11 is 0. The summed E-state index contributed by atoms with van der Waals surface area (Å²) in [6.07, 6.45) is 0.924. The maximum atomic E-state index is 5.55. The molecule has 0 saturated carbocycles. The lowest BCUT2D eigenvalue weighted by atomic mass is 10.2. The maximum Gasteiger partial charge on any atom is 0.282 e. The number of amidine groups is 1. The molecule has 4 heteroatoms. The number of hydrogen-bond donors (Lipinski definition) is 1. The molecule has 1 aliphatic rings. The Bertz CT molecular complexity index is 351. The standard InChI is InChI=1S/C12H16N2O2/c13-12-14-8-11(16-12)6-7-15-9-10-4-2-1-3-5-10/h1-5,11H,6-9H2,(H2,13,14). The summed E-state index contributed by atoms with van der Waals surface area (Å²) in [4.78, 5) is 3.97. The van der Waals surface area contributed by atoms with E-state index >= 15 is 0 Å². The average molecular weight is 220 g/mol. The van der Waals surface area contributed by atoms with Crippen molar-refractivity contribution in [2.75, 3.05) is 13.2 Å². The molecule has 0 saturated heterocycles. The van der Waals surface area contributed by atoms with E-state index in [1.165, 1.54) is 5.56 Å². The molecule has 0 aliphatic carbocycles. The van der Waals surface area contributed by atoms with Crippen molar-refractivity contribution < 1.29 is 9.47 Å². The fraction of sp³-hybridized carbons (Fsp3) is 0.417. The van der Waals surface area contributed by atoms with E-state index < -0.39 is 0 Å². The van der Waals surface area contributed by atoms with Crippen molar-refractivity contribution in [1.29, 1.82) is 0 Å². The minimum atomic E-state index is 0.0933. The van der Waals surface area contributed by atoms with Gasteiger partial charge in [0.25, 0.3) is 6.02 Å². The normalized spacial score (nSPS) is 19.2. The van der Waals surface area contributed by atoms with E-state index in [9.17, 15) is 0 Å². The van der Waals surface area contributed by atoms with Gasteiger partial charge in [0, 0.05) is 6.42 Å². The van der Waals surface area contributed by atoms with Crippen LogP contribution in [-0.4, -0.2) is 25.3 Å². The van der Waals surface area contributed by atoms with Gasteiger partial charge in [-0.15, -0.1) is 0 Å². The van der Waals surface area contributed by atoms with E-state index in [1.807, 2.05) is 30.3 Å². The Balaban J connectivity index is 1.59. The summed E-state index contributed by atoms with van der Waals surface area (Å²) in [7, 11) is 0. The molecule has 1 atom stereocenters. The fourth-order valence-electron chi connectivity index (χ4n) is 1.57. The monoisotopic (exact) mass is 220 g/mol. The van der Waals surface area contributed by atoms with Gasteiger partial charge in [-0.25, -0.2) is 4.99 Å². The van der Waals surface area contributed by atoms with Gasteiger partial charge in [0.1, 0.15) is 6.10 Å². The van der Waals surface area contributed by atoms with E-state index in [0.29, 0.717) is 25.8 Å². The van der Waals surface area contributed by atoms with Crippen molar-refractivity contribution in [3.05, 3.63) is 35.9 Å². The zero-order chi connectivity index (χ0) is 11.2. The van der Waals surface area contributed by atoms with Gasteiger partial charge < -0.3 is 15.2 Å². The van der Waals surface area contributed by atoms with Crippen LogP contribution in [0.1, 0.15) is 12.0 Å². The summed E-state index contributed by atoms with van der Waals surface area (Å²) in [6.45, 7) is 1.97. The van der Waals surface area contributed by atoms with Gasteiger partial charge >= 0.3 is 0 Å². The first kappa shape index (κ1) is 11.0. The number of benzene rings is 1. The van der Waals surface area contributed by atoms with Crippen molar-refractivity contribution in [2.45, 2.75) is 19.1 Å². The predicted octanol–water partition coefficient (Wildman–Crippen LogP) is 1.31. The third kappa shape index (κ3) is 3.24. The molecule has 1 aliphatic heterocycles. The molecule has 86 valence electrons. The summed E-state index contributed by atoms with van der Waals surface area (Å²) in [5.41, 5.74) is 6.59. The molecule has 0 aromatic heterocycles. The van der Waals surface area contributed by atoms with Crippen molar-refractivity contribution in [3.8, 4) is 0 Å². The second kappa shape index (κ2) is 5.51. The van der Waals surface area contributed by atoms with Crippen LogP contribution in [0, 0.1) is 0 Å². The molecule has 0 radical (unpaired) electrons. The number of aliphatic imine (C=N–C) groups is 1. The van der Waals surface area contributed by atoms with Crippen molar-refractivity contribution >= 4 is 6.02 Å². The smallest absolute Gasteiger partial charge is 0.282 e. The lowest BCUT2D eigenvalue weighted by Gasteiger charge is -2.09. The van der Waals surface area contributed by atoms with Crippen molar-refractivity contribution in [3.63, 3.8) is 0 Å². The minimum Gasteiger partial charge on any atom is -0.460 e. The van der Waals surface area contributed by atoms with Gasteiger partial charge in [0.15, 0.2) is 0 Å². The van der Waals surface area contributed by atoms with Gasteiger partial charge in [0.2, 0.25) is 0 Å². The Hall–Kier alpha value is -1.55. The maximum absolute atomic E-state index is 5.55. The molecular weight excluding hydrogens is 204 g/mol. The van der Waals surface area contributed by atoms with E-state index in [4.69, 9.17) is 15.2 Å². The first-order valence-electron chi connectivity index (χ1n) is 5.43. The van der Waals surface area contributed by atoms with Gasteiger partial charge in [0.05, 0.1) is 19.8 Å². The second-order valence-corrected chi connectivity index (χ2v) is 3.75. The Kier molecular flexibility index (Phi) is 3.77. The molecule has 1 unspecified atom stereocenters. The quantitative estimate of drug-likeness (QED) is 0.761. The summed E-state index contributed by atoms with van der Waals surface area (Å²) in [5, 5.41) is 0. The third-order valence-corrected chi connectivity index (χ3v) is 2.43. The zero-order valence-corrected chi connectivity index (χ0v) is 9.13. The summed E-state index contributed by atoms with van der Waals surface area (Å²) in [5.74, 6) is 0. The SMILES string of the molecule is NC1=NCC(CCOCc2ccccc2)O1. The first-order valence-corrected chi connectivity index (χ1v) is 5.43. The van der Waals surface area contributed by atoms with Crippen LogP contribution in [-0.2, 0) is 16.1 Å². The topological polar surface area (TPSA) is 56.8 Å². The summed E-state index contributed by atoms with van der Waals surface area (Å²) in [6, 6.07) is 10.4. The Morgan fingerprint density at radius 2 is 2.19 bits per heavy atom. The highest BCUT2D eigenvalue weighted by molar-refractivity contribution is 5.72. The molecule has 1 heterocycles. The largest absolute Gasteiger partial charge is 0.460 e.